The molecule has 11 heavy (non-hydrogen) atoms. The van der Waals surface area contributed by atoms with Crippen molar-refractivity contribution in [3.05, 3.63) is 15.5 Å². The average Bonchev–Trinajstić information content (AvgIpc) is 2.31. The number of hydrogen-bond donors (Lipinski definition) is 1. The highest BCUT2D eigenvalue weighted by molar-refractivity contribution is 7.15. The van der Waals surface area contributed by atoms with Crippen molar-refractivity contribution in [2.45, 2.75) is 6.54 Å². The lowest BCUT2D eigenvalue weighted by molar-refractivity contribution is 0.286. The second-order valence-electron chi connectivity index (χ2n) is 2.29. The van der Waals surface area contributed by atoms with Crippen molar-refractivity contribution < 1.29 is 0 Å². The molecule has 62 valence electrons. The van der Waals surface area contributed by atoms with Gasteiger partial charge in [0.2, 0.25) is 0 Å². The van der Waals surface area contributed by atoms with E-state index in [0.717, 1.165) is 15.9 Å². The van der Waals surface area contributed by atoms with Crippen molar-refractivity contribution >= 4 is 22.9 Å². The van der Waals surface area contributed by atoms with E-state index < -0.39 is 0 Å². The lowest BCUT2D eigenvalue weighted by Gasteiger charge is -2.09. The van der Waals surface area contributed by atoms with Crippen LogP contribution in [-0.4, -0.2) is 24.1 Å². The van der Waals surface area contributed by atoms with Crippen molar-refractivity contribution in [1.82, 2.24) is 15.4 Å². The van der Waals surface area contributed by atoms with E-state index >= 15 is 0 Å². The summed E-state index contributed by atoms with van der Waals surface area (Å²) in [5, 5.41) is 2.89. The molecular weight excluding hydrogens is 182 g/mol. The third kappa shape index (κ3) is 3.16. The van der Waals surface area contributed by atoms with Crippen LogP contribution in [0.4, 0.5) is 0 Å². The minimum Gasteiger partial charge on any atom is -0.250 e. The van der Waals surface area contributed by atoms with E-state index in [0.29, 0.717) is 0 Å². The van der Waals surface area contributed by atoms with Crippen molar-refractivity contribution in [2.24, 2.45) is 0 Å². The van der Waals surface area contributed by atoms with Crippen molar-refractivity contribution in [3.63, 3.8) is 0 Å². The zero-order valence-corrected chi connectivity index (χ0v) is 8.04. The minimum absolute atomic E-state index is 0.737. The zero-order valence-electron chi connectivity index (χ0n) is 6.47. The molecule has 0 amide bonds. The maximum Gasteiger partial charge on any atom is 0.113 e. The van der Waals surface area contributed by atoms with Crippen LogP contribution in [0.5, 0.6) is 0 Å². The Bertz CT molecular complexity index is 223. The molecule has 0 saturated carbocycles. The van der Waals surface area contributed by atoms with Crippen LogP contribution in [0.2, 0.25) is 4.34 Å². The summed E-state index contributed by atoms with van der Waals surface area (Å²) in [7, 11) is 3.88. The first-order valence-corrected chi connectivity index (χ1v) is 4.39. The Balaban J connectivity index is 2.39. The molecule has 1 heterocycles. The lowest BCUT2D eigenvalue weighted by atomic mass is 10.7. The topological polar surface area (TPSA) is 28.2 Å². The van der Waals surface area contributed by atoms with E-state index in [1.807, 2.05) is 19.1 Å². The molecule has 0 bridgehead atoms. The molecule has 1 aromatic heterocycles. The van der Waals surface area contributed by atoms with Crippen LogP contribution < -0.4 is 5.43 Å². The molecule has 0 saturated heterocycles. The second-order valence-corrected chi connectivity index (χ2v) is 4.03. The summed E-state index contributed by atoms with van der Waals surface area (Å²) >= 11 is 7.19. The van der Waals surface area contributed by atoms with Gasteiger partial charge in [-0.3, -0.25) is 5.01 Å². The Morgan fingerprint density at radius 1 is 1.73 bits per heavy atom. The van der Waals surface area contributed by atoms with E-state index in [-0.39, 0.29) is 0 Å². The molecule has 1 N–H and O–H groups in total. The molecule has 0 fully saturated rings. The first-order valence-electron chi connectivity index (χ1n) is 3.19. The summed E-state index contributed by atoms with van der Waals surface area (Å²) < 4.78 is 0.737. The van der Waals surface area contributed by atoms with Gasteiger partial charge in [-0.15, -0.1) is 11.3 Å². The van der Waals surface area contributed by atoms with Gasteiger partial charge in [-0.2, -0.15) is 0 Å². The average molecular weight is 192 g/mol. The van der Waals surface area contributed by atoms with Crippen LogP contribution >= 0.6 is 22.9 Å². The van der Waals surface area contributed by atoms with Crippen LogP contribution in [-0.2, 0) is 6.54 Å². The monoisotopic (exact) mass is 191 g/mol. The summed E-state index contributed by atoms with van der Waals surface area (Å²) in [6.45, 7) is 0.740. The van der Waals surface area contributed by atoms with Crippen molar-refractivity contribution in [2.75, 3.05) is 14.1 Å². The van der Waals surface area contributed by atoms with Crippen molar-refractivity contribution in [3.8, 4) is 0 Å². The summed E-state index contributed by atoms with van der Waals surface area (Å²) in [4.78, 5) is 4.09. The van der Waals surface area contributed by atoms with Gasteiger partial charge < -0.3 is 0 Å². The predicted molar refractivity (Wildman–Crippen MR) is 47.7 cm³/mol. The highest BCUT2D eigenvalue weighted by atomic mass is 35.5. The van der Waals surface area contributed by atoms with Crippen LogP contribution in [0.1, 0.15) is 5.01 Å². The summed E-state index contributed by atoms with van der Waals surface area (Å²) in [6.07, 6.45) is 1.67. The minimum atomic E-state index is 0.737. The first-order chi connectivity index (χ1) is 5.18. The van der Waals surface area contributed by atoms with Gasteiger partial charge in [0.05, 0.1) is 12.7 Å². The molecule has 0 aliphatic rings. The van der Waals surface area contributed by atoms with Gasteiger partial charge in [0.1, 0.15) is 9.34 Å². The van der Waals surface area contributed by atoms with E-state index in [2.05, 4.69) is 10.4 Å². The Morgan fingerprint density at radius 3 is 2.91 bits per heavy atom. The normalized spacial score (nSPS) is 10.9. The van der Waals surface area contributed by atoms with E-state index in [4.69, 9.17) is 11.6 Å². The van der Waals surface area contributed by atoms with Crippen LogP contribution in [0.3, 0.4) is 0 Å². The van der Waals surface area contributed by atoms with E-state index in [1.54, 1.807) is 6.20 Å². The number of rotatable bonds is 3. The molecule has 0 aromatic carbocycles. The van der Waals surface area contributed by atoms with Crippen molar-refractivity contribution in [1.29, 1.82) is 0 Å². The van der Waals surface area contributed by atoms with E-state index in [9.17, 15) is 0 Å². The van der Waals surface area contributed by atoms with Gasteiger partial charge in [-0.05, 0) is 0 Å². The highest BCUT2D eigenvalue weighted by Gasteiger charge is 1.98. The number of hydrazine groups is 1. The summed E-state index contributed by atoms with van der Waals surface area (Å²) in [6, 6.07) is 0. The molecule has 0 spiro atoms. The molecule has 0 unspecified atom stereocenters. The highest BCUT2D eigenvalue weighted by Crippen LogP contribution is 2.17. The molecule has 0 aliphatic heterocycles. The Kier molecular flexibility index (Phi) is 3.26. The smallest absolute Gasteiger partial charge is 0.113 e. The standard InChI is InChI=1S/C6H10ClN3S/c1-10(2)9-4-6-8-3-5(7)11-6/h3,9H,4H2,1-2H3. The maximum absolute atomic E-state index is 5.69. The first kappa shape index (κ1) is 8.93. The second kappa shape index (κ2) is 4.01. The Labute approximate surface area is 75.0 Å². The number of hydrogen-bond acceptors (Lipinski definition) is 4. The largest absolute Gasteiger partial charge is 0.250 e. The molecule has 1 aromatic rings. The fourth-order valence-corrected chi connectivity index (χ4v) is 1.48. The number of nitrogens with zero attached hydrogens (tertiary/aromatic N) is 2. The van der Waals surface area contributed by atoms with Crippen LogP contribution in [0, 0.1) is 0 Å². The molecule has 5 heteroatoms. The molecule has 0 atom stereocenters. The van der Waals surface area contributed by atoms with Gasteiger partial charge >= 0.3 is 0 Å². The van der Waals surface area contributed by atoms with E-state index in [1.165, 1.54) is 11.3 Å². The zero-order chi connectivity index (χ0) is 8.27. The third-order valence-electron chi connectivity index (χ3n) is 1.07. The van der Waals surface area contributed by atoms with Gasteiger partial charge in [0.25, 0.3) is 0 Å². The predicted octanol–water partition coefficient (Wildman–Crippen LogP) is 1.36. The van der Waals surface area contributed by atoms with Gasteiger partial charge in [0, 0.05) is 14.1 Å². The SMILES string of the molecule is CN(C)NCc1ncc(Cl)s1. The summed E-state index contributed by atoms with van der Waals surface area (Å²) in [5.41, 5.74) is 3.10. The number of thiazole rings is 1. The lowest BCUT2D eigenvalue weighted by Crippen LogP contribution is -2.29. The Hall–Kier alpha value is -0.160. The third-order valence-corrected chi connectivity index (χ3v) is 2.19. The molecule has 0 aliphatic carbocycles. The fourth-order valence-electron chi connectivity index (χ4n) is 0.595. The molecule has 1 rings (SSSR count). The van der Waals surface area contributed by atoms with Crippen LogP contribution in [0.15, 0.2) is 6.20 Å². The number of nitrogens with one attached hydrogen (secondary N) is 1. The quantitative estimate of drug-likeness (QED) is 0.732. The Morgan fingerprint density at radius 2 is 2.45 bits per heavy atom. The van der Waals surface area contributed by atoms with Crippen LogP contribution in [0.25, 0.3) is 0 Å². The fraction of sp³-hybridized carbons (Fsp3) is 0.500. The van der Waals surface area contributed by atoms with Gasteiger partial charge in [-0.25, -0.2) is 10.4 Å². The molecule has 0 radical (unpaired) electrons. The summed E-state index contributed by atoms with van der Waals surface area (Å²) in [5.74, 6) is 0. The van der Waals surface area contributed by atoms with Gasteiger partial charge in [0.15, 0.2) is 0 Å². The number of aromatic nitrogens is 1. The maximum atomic E-state index is 5.69. The molecular formula is C6H10ClN3S. The van der Waals surface area contributed by atoms with Gasteiger partial charge in [-0.1, -0.05) is 11.6 Å². The molecule has 3 nitrogen and oxygen atoms in total. The number of halogens is 1.